The van der Waals surface area contributed by atoms with E-state index < -0.39 is 0 Å². The zero-order chi connectivity index (χ0) is 17.6. The quantitative estimate of drug-likeness (QED) is 0.913. The number of carbonyl (C=O) groups is 2. The number of rotatable bonds is 4. The maximum atomic E-state index is 12.6. The number of piperidine rings is 1. The van der Waals surface area contributed by atoms with E-state index >= 15 is 0 Å². The Morgan fingerprint density at radius 2 is 1.72 bits per heavy atom. The molecule has 1 saturated carbocycles. The monoisotopic (exact) mass is 342 g/mol. The Bertz CT molecular complexity index is 600. The molecule has 2 aliphatic rings. The predicted octanol–water partition coefficient (Wildman–Crippen LogP) is 3.23. The average molecular weight is 342 g/mol. The lowest BCUT2D eigenvalue weighted by Crippen LogP contribution is -2.48. The molecule has 4 heteroatoms. The molecule has 0 bridgehead atoms. The first-order valence-corrected chi connectivity index (χ1v) is 9.76. The third kappa shape index (κ3) is 4.83. The zero-order valence-electron chi connectivity index (χ0n) is 15.3. The summed E-state index contributed by atoms with van der Waals surface area (Å²) in [5, 5.41) is 3.16. The lowest BCUT2D eigenvalue weighted by molar-refractivity contribution is -0.137. The van der Waals surface area contributed by atoms with Crippen molar-refractivity contribution in [2.24, 2.45) is 5.92 Å². The molecule has 0 radical (unpaired) electrons. The number of carbonyl (C=O) groups excluding carboxylic acids is 2. The molecule has 0 atom stereocenters. The second-order valence-electron chi connectivity index (χ2n) is 7.61. The summed E-state index contributed by atoms with van der Waals surface area (Å²) >= 11 is 0. The van der Waals surface area contributed by atoms with Crippen LogP contribution in [0.4, 0.5) is 0 Å². The summed E-state index contributed by atoms with van der Waals surface area (Å²) < 4.78 is 0. The minimum atomic E-state index is 0.0892. The van der Waals surface area contributed by atoms with Crippen LogP contribution in [0.15, 0.2) is 24.3 Å². The Labute approximate surface area is 151 Å². The third-order valence-electron chi connectivity index (χ3n) is 5.74. The largest absolute Gasteiger partial charge is 0.353 e. The molecule has 1 aliphatic heterocycles. The van der Waals surface area contributed by atoms with Crippen LogP contribution in [0.2, 0.25) is 0 Å². The van der Waals surface area contributed by atoms with E-state index in [1.165, 1.54) is 19.3 Å². The first kappa shape index (κ1) is 18.0. The number of amides is 2. The highest BCUT2D eigenvalue weighted by Gasteiger charge is 2.29. The number of nitrogens with zero attached hydrogens (tertiary/aromatic N) is 1. The van der Waals surface area contributed by atoms with Crippen molar-refractivity contribution in [1.82, 2.24) is 10.2 Å². The SMILES string of the molecule is Cc1ccccc1CC(=O)NC1CCN(C(=O)C2CCCCC2)CC1. The molecule has 1 heterocycles. The molecule has 0 unspecified atom stereocenters. The molecular formula is C21H30N2O2. The molecule has 0 aromatic heterocycles. The van der Waals surface area contributed by atoms with Crippen molar-refractivity contribution in [3.63, 3.8) is 0 Å². The van der Waals surface area contributed by atoms with Crippen molar-refractivity contribution in [2.75, 3.05) is 13.1 Å². The highest BCUT2D eigenvalue weighted by molar-refractivity contribution is 5.80. The molecular weight excluding hydrogens is 312 g/mol. The van der Waals surface area contributed by atoms with E-state index in [0.717, 1.165) is 49.9 Å². The standard InChI is InChI=1S/C21H30N2O2/c1-16-7-5-6-10-18(16)15-20(24)22-19-11-13-23(14-12-19)21(25)17-8-3-2-4-9-17/h5-7,10,17,19H,2-4,8-9,11-15H2,1H3,(H,22,24). The number of hydrogen-bond acceptors (Lipinski definition) is 2. The van der Waals surface area contributed by atoms with Crippen LogP contribution in [0, 0.1) is 12.8 Å². The van der Waals surface area contributed by atoms with Crippen molar-refractivity contribution in [3.05, 3.63) is 35.4 Å². The lowest BCUT2D eigenvalue weighted by Gasteiger charge is -2.35. The fourth-order valence-electron chi connectivity index (χ4n) is 4.11. The Kier molecular flexibility index (Phi) is 6.11. The van der Waals surface area contributed by atoms with Gasteiger partial charge < -0.3 is 10.2 Å². The van der Waals surface area contributed by atoms with Crippen molar-refractivity contribution in [1.29, 1.82) is 0 Å². The van der Waals surface area contributed by atoms with Gasteiger partial charge in [-0.25, -0.2) is 0 Å². The Morgan fingerprint density at radius 3 is 2.40 bits per heavy atom. The van der Waals surface area contributed by atoms with Crippen LogP contribution in [-0.2, 0) is 16.0 Å². The summed E-state index contributed by atoms with van der Waals surface area (Å²) in [4.78, 5) is 26.9. The lowest BCUT2D eigenvalue weighted by atomic mass is 9.87. The van der Waals surface area contributed by atoms with Crippen LogP contribution in [-0.4, -0.2) is 35.8 Å². The van der Waals surface area contributed by atoms with E-state index in [2.05, 4.69) is 5.32 Å². The van der Waals surface area contributed by atoms with E-state index in [1.807, 2.05) is 36.1 Å². The molecule has 1 aromatic rings. The van der Waals surface area contributed by atoms with Gasteiger partial charge in [-0.3, -0.25) is 9.59 Å². The highest BCUT2D eigenvalue weighted by atomic mass is 16.2. The molecule has 25 heavy (non-hydrogen) atoms. The van der Waals surface area contributed by atoms with Crippen molar-refractivity contribution in [2.45, 2.75) is 64.3 Å². The fraction of sp³-hybridized carbons (Fsp3) is 0.619. The number of likely N-dealkylation sites (tertiary alicyclic amines) is 1. The maximum Gasteiger partial charge on any atom is 0.225 e. The van der Waals surface area contributed by atoms with Crippen LogP contribution in [0.5, 0.6) is 0 Å². The molecule has 2 fully saturated rings. The minimum absolute atomic E-state index is 0.0892. The van der Waals surface area contributed by atoms with E-state index in [4.69, 9.17) is 0 Å². The van der Waals surface area contributed by atoms with Gasteiger partial charge in [0.05, 0.1) is 6.42 Å². The molecule has 136 valence electrons. The van der Waals surface area contributed by atoms with Gasteiger partial charge in [-0.1, -0.05) is 43.5 Å². The first-order valence-electron chi connectivity index (χ1n) is 9.76. The van der Waals surface area contributed by atoms with Gasteiger partial charge in [0.2, 0.25) is 11.8 Å². The van der Waals surface area contributed by atoms with Gasteiger partial charge in [0.25, 0.3) is 0 Å². The fourth-order valence-corrected chi connectivity index (χ4v) is 4.11. The van der Waals surface area contributed by atoms with Crippen LogP contribution in [0.3, 0.4) is 0 Å². The van der Waals surface area contributed by atoms with Crippen LogP contribution in [0.25, 0.3) is 0 Å². The molecule has 1 N–H and O–H groups in total. The average Bonchev–Trinajstić information content (AvgIpc) is 2.64. The summed E-state index contributed by atoms with van der Waals surface area (Å²) in [5.41, 5.74) is 2.25. The summed E-state index contributed by atoms with van der Waals surface area (Å²) in [6, 6.07) is 8.23. The van der Waals surface area contributed by atoms with Crippen molar-refractivity contribution in [3.8, 4) is 0 Å². The van der Waals surface area contributed by atoms with Gasteiger partial charge in [-0.2, -0.15) is 0 Å². The highest BCUT2D eigenvalue weighted by Crippen LogP contribution is 2.26. The van der Waals surface area contributed by atoms with E-state index in [0.29, 0.717) is 12.3 Å². The van der Waals surface area contributed by atoms with Crippen LogP contribution in [0.1, 0.15) is 56.1 Å². The van der Waals surface area contributed by atoms with Crippen LogP contribution < -0.4 is 5.32 Å². The summed E-state index contributed by atoms with van der Waals surface area (Å²) in [6.45, 7) is 3.60. The van der Waals surface area contributed by atoms with Gasteiger partial charge in [0.1, 0.15) is 0 Å². The normalized spacial score (nSPS) is 19.6. The van der Waals surface area contributed by atoms with Gasteiger partial charge in [-0.05, 0) is 43.7 Å². The van der Waals surface area contributed by atoms with Gasteiger partial charge in [-0.15, -0.1) is 0 Å². The zero-order valence-corrected chi connectivity index (χ0v) is 15.3. The second-order valence-corrected chi connectivity index (χ2v) is 7.61. The summed E-state index contributed by atoms with van der Waals surface area (Å²) in [6.07, 6.45) is 7.98. The molecule has 2 amide bonds. The Hall–Kier alpha value is -1.84. The molecule has 0 spiro atoms. The summed E-state index contributed by atoms with van der Waals surface area (Å²) in [7, 11) is 0. The van der Waals surface area contributed by atoms with E-state index in [9.17, 15) is 9.59 Å². The smallest absolute Gasteiger partial charge is 0.225 e. The maximum absolute atomic E-state index is 12.6. The van der Waals surface area contributed by atoms with Crippen molar-refractivity contribution < 1.29 is 9.59 Å². The van der Waals surface area contributed by atoms with E-state index in [-0.39, 0.29) is 17.9 Å². The van der Waals surface area contributed by atoms with Gasteiger partial charge in [0, 0.05) is 25.0 Å². The van der Waals surface area contributed by atoms with Gasteiger partial charge >= 0.3 is 0 Å². The van der Waals surface area contributed by atoms with Gasteiger partial charge in [0.15, 0.2) is 0 Å². The third-order valence-corrected chi connectivity index (χ3v) is 5.74. The topological polar surface area (TPSA) is 49.4 Å². The molecule has 1 saturated heterocycles. The number of benzene rings is 1. The molecule has 4 nitrogen and oxygen atoms in total. The molecule has 1 aromatic carbocycles. The number of aryl methyl sites for hydroxylation is 1. The van der Waals surface area contributed by atoms with Crippen molar-refractivity contribution >= 4 is 11.8 Å². The number of nitrogens with one attached hydrogen (secondary N) is 1. The Morgan fingerprint density at radius 1 is 1.04 bits per heavy atom. The van der Waals surface area contributed by atoms with Crippen LogP contribution >= 0.6 is 0 Å². The van der Waals surface area contributed by atoms with E-state index in [1.54, 1.807) is 0 Å². The minimum Gasteiger partial charge on any atom is -0.353 e. The predicted molar refractivity (Wildman–Crippen MR) is 99.2 cm³/mol. The second kappa shape index (κ2) is 8.50. The molecule has 3 rings (SSSR count). The Balaban J connectivity index is 1.43. The number of hydrogen-bond donors (Lipinski definition) is 1. The summed E-state index contributed by atoms with van der Waals surface area (Å²) in [5.74, 6) is 0.691. The first-order chi connectivity index (χ1) is 12.1. The molecule has 1 aliphatic carbocycles.